The van der Waals surface area contributed by atoms with E-state index in [0.29, 0.717) is 28.8 Å². The molecule has 0 aliphatic heterocycles. The monoisotopic (exact) mass is 413 g/mol. The van der Waals surface area contributed by atoms with Crippen molar-refractivity contribution in [1.29, 1.82) is 0 Å². The first-order valence-electron chi connectivity index (χ1n) is 9.29. The minimum atomic E-state index is -0.317. The maximum Gasteiger partial charge on any atom is 0.319 e. The van der Waals surface area contributed by atoms with Gasteiger partial charge < -0.3 is 14.6 Å². The van der Waals surface area contributed by atoms with Crippen LogP contribution >= 0.6 is 11.6 Å². The van der Waals surface area contributed by atoms with Crippen LogP contribution in [-0.2, 0) is 21.5 Å². The van der Waals surface area contributed by atoms with Gasteiger partial charge in [0.25, 0.3) is 5.89 Å². The molecule has 3 rings (SSSR count). The van der Waals surface area contributed by atoms with Gasteiger partial charge in [0.1, 0.15) is 0 Å². The molecule has 0 radical (unpaired) electrons. The van der Waals surface area contributed by atoms with Gasteiger partial charge in [-0.15, -0.1) is 0 Å². The van der Waals surface area contributed by atoms with Crippen LogP contribution in [0.25, 0.3) is 22.8 Å². The van der Waals surface area contributed by atoms with E-state index < -0.39 is 0 Å². The first kappa shape index (κ1) is 21.0. The highest BCUT2D eigenvalue weighted by molar-refractivity contribution is 6.33. The molecule has 0 spiro atoms. The second-order valence-corrected chi connectivity index (χ2v) is 8.15. The lowest BCUT2D eigenvalue weighted by atomic mass is 9.87. The Morgan fingerprint density at radius 1 is 1.17 bits per heavy atom. The number of carbonyl (C=O) groups is 1. The Kier molecular flexibility index (Phi) is 6.35. The van der Waals surface area contributed by atoms with E-state index in [1.807, 2.05) is 30.3 Å². The Morgan fingerprint density at radius 2 is 1.90 bits per heavy atom. The van der Waals surface area contributed by atoms with Gasteiger partial charge in [0.2, 0.25) is 5.82 Å². The van der Waals surface area contributed by atoms with E-state index in [1.165, 1.54) is 12.7 Å². The van der Waals surface area contributed by atoms with Gasteiger partial charge in [0.05, 0.1) is 18.7 Å². The maximum absolute atomic E-state index is 11.2. The third-order valence-electron chi connectivity index (χ3n) is 4.52. The zero-order chi connectivity index (χ0) is 21.0. The number of esters is 1. The van der Waals surface area contributed by atoms with Gasteiger partial charge in [-0.05, 0) is 40.8 Å². The number of hydrogen-bond donors (Lipinski definition) is 1. The van der Waals surface area contributed by atoms with Crippen LogP contribution in [0.3, 0.4) is 0 Å². The number of benzene rings is 2. The summed E-state index contributed by atoms with van der Waals surface area (Å²) in [6, 6.07) is 13.7. The summed E-state index contributed by atoms with van der Waals surface area (Å²) in [6.45, 7) is 7.14. The zero-order valence-electron chi connectivity index (χ0n) is 17.0. The summed E-state index contributed by atoms with van der Waals surface area (Å²) in [4.78, 5) is 15.6. The number of nitrogens with zero attached hydrogens (tertiary/aromatic N) is 2. The van der Waals surface area contributed by atoms with Gasteiger partial charge in [-0.3, -0.25) is 4.79 Å². The summed E-state index contributed by atoms with van der Waals surface area (Å²) in [5, 5.41) is 7.58. The number of carbonyl (C=O) groups excluding carboxylic acids is 1. The standard InChI is InChI=1S/C22H24ClN3O3/c1-22(2,3)16-8-6-15(7-9-16)21-25-20(26-29-21)17-10-5-14(11-18(17)23)12-24-13-19(27)28-4/h5-11,24H,12-13H2,1-4H3. The summed E-state index contributed by atoms with van der Waals surface area (Å²) >= 11 is 6.42. The van der Waals surface area contributed by atoms with Crippen molar-refractivity contribution in [2.75, 3.05) is 13.7 Å². The molecular weight excluding hydrogens is 390 g/mol. The Labute approximate surface area is 175 Å². The van der Waals surface area contributed by atoms with Crippen LogP contribution in [0.15, 0.2) is 47.0 Å². The second-order valence-electron chi connectivity index (χ2n) is 7.74. The molecule has 0 aliphatic rings. The smallest absolute Gasteiger partial charge is 0.319 e. The minimum absolute atomic E-state index is 0.0829. The fraction of sp³-hybridized carbons (Fsp3) is 0.318. The normalized spacial score (nSPS) is 11.5. The first-order valence-corrected chi connectivity index (χ1v) is 9.66. The van der Waals surface area contributed by atoms with Crippen LogP contribution in [0.1, 0.15) is 31.9 Å². The van der Waals surface area contributed by atoms with E-state index in [4.69, 9.17) is 16.1 Å². The zero-order valence-corrected chi connectivity index (χ0v) is 17.7. The average molecular weight is 414 g/mol. The Hall–Kier alpha value is -2.70. The van der Waals surface area contributed by atoms with Crippen molar-refractivity contribution in [1.82, 2.24) is 15.5 Å². The maximum atomic E-state index is 11.2. The van der Waals surface area contributed by atoms with Gasteiger partial charge in [0, 0.05) is 17.7 Å². The summed E-state index contributed by atoms with van der Waals surface area (Å²) < 4.78 is 10.0. The van der Waals surface area contributed by atoms with E-state index in [9.17, 15) is 4.79 Å². The number of aromatic nitrogens is 2. The molecule has 3 aromatic rings. The molecule has 1 aromatic heterocycles. The molecule has 0 saturated heterocycles. The quantitative estimate of drug-likeness (QED) is 0.594. The van der Waals surface area contributed by atoms with Crippen LogP contribution in [0.5, 0.6) is 0 Å². The van der Waals surface area contributed by atoms with Crippen LogP contribution in [0.4, 0.5) is 0 Å². The predicted molar refractivity (Wildman–Crippen MR) is 113 cm³/mol. The number of ether oxygens (including phenoxy) is 1. The summed E-state index contributed by atoms with van der Waals surface area (Å²) in [5.74, 6) is 0.557. The molecule has 0 atom stereocenters. The molecule has 1 N–H and O–H groups in total. The number of halogens is 1. The van der Waals surface area contributed by atoms with Crippen molar-refractivity contribution in [2.24, 2.45) is 0 Å². The molecule has 6 nitrogen and oxygen atoms in total. The van der Waals surface area contributed by atoms with Crippen molar-refractivity contribution >= 4 is 17.6 Å². The summed E-state index contributed by atoms with van der Waals surface area (Å²) in [7, 11) is 1.35. The lowest BCUT2D eigenvalue weighted by Crippen LogP contribution is -2.23. The predicted octanol–water partition coefficient (Wildman–Crippen LogP) is 4.62. The fourth-order valence-corrected chi connectivity index (χ4v) is 3.08. The molecule has 0 fully saturated rings. The minimum Gasteiger partial charge on any atom is -0.468 e. The largest absolute Gasteiger partial charge is 0.468 e. The van der Waals surface area contributed by atoms with Crippen molar-refractivity contribution in [3.05, 3.63) is 58.6 Å². The first-order chi connectivity index (χ1) is 13.8. The second kappa shape index (κ2) is 8.76. The lowest BCUT2D eigenvalue weighted by Gasteiger charge is -2.18. The topological polar surface area (TPSA) is 77.2 Å². The molecule has 2 aromatic carbocycles. The van der Waals surface area contributed by atoms with Gasteiger partial charge in [-0.2, -0.15) is 4.98 Å². The molecule has 0 saturated carbocycles. The van der Waals surface area contributed by atoms with E-state index in [-0.39, 0.29) is 17.9 Å². The van der Waals surface area contributed by atoms with Crippen LogP contribution in [-0.4, -0.2) is 29.8 Å². The number of hydrogen-bond acceptors (Lipinski definition) is 6. The van der Waals surface area contributed by atoms with Gasteiger partial charge >= 0.3 is 5.97 Å². The van der Waals surface area contributed by atoms with Gasteiger partial charge in [-0.1, -0.05) is 55.7 Å². The highest BCUT2D eigenvalue weighted by Gasteiger charge is 2.16. The average Bonchev–Trinajstić information content (AvgIpc) is 3.17. The van der Waals surface area contributed by atoms with Gasteiger partial charge in [0.15, 0.2) is 0 Å². The Morgan fingerprint density at radius 3 is 2.52 bits per heavy atom. The fourth-order valence-electron chi connectivity index (χ4n) is 2.79. The molecule has 0 unspecified atom stereocenters. The highest BCUT2D eigenvalue weighted by Crippen LogP contribution is 2.30. The molecule has 1 heterocycles. The van der Waals surface area contributed by atoms with Crippen molar-refractivity contribution in [2.45, 2.75) is 32.7 Å². The third-order valence-corrected chi connectivity index (χ3v) is 4.84. The van der Waals surface area contributed by atoms with E-state index in [0.717, 1.165) is 11.1 Å². The molecule has 0 bridgehead atoms. The Bertz CT molecular complexity index is 991. The summed E-state index contributed by atoms with van der Waals surface area (Å²) in [6.07, 6.45) is 0. The number of rotatable bonds is 6. The SMILES string of the molecule is COC(=O)CNCc1ccc(-c2noc(-c3ccc(C(C)(C)C)cc3)n2)c(Cl)c1. The third kappa shape index (κ3) is 5.22. The molecule has 0 aliphatic carbocycles. The lowest BCUT2D eigenvalue weighted by molar-refractivity contribution is -0.139. The molecular formula is C22H24ClN3O3. The highest BCUT2D eigenvalue weighted by atomic mass is 35.5. The van der Waals surface area contributed by atoms with Crippen LogP contribution < -0.4 is 5.32 Å². The van der Waals surface area contributed by atoms with Crippen LogP contribution in [0, 0.1) is 0 Å². The molecule has 7 heteroatoms. The molecule has 152 valence electrons. The van der Waals surface area contributed by atoms with E-state index >= 15 is 0 Å². The Balaban J connectivity index is 1.73. The van der Waals surface area contributed by atoms with E-state index in [2.05, 4.69) is 53.1 Å². The van der Waals surface area contributed by atoms with Crippen molar-refractivity contribution in [3.8, 4) is 22.8 Å². The van der Waals surface area contributed by atoms with Gasteiger partial charge in [-0.25, -0.2) is 0 Å². The summed E-state index contributed by atoms with van der Waals surface area (Å²) in [5.41, 5.74) is 3.80. The van der Waals surface area contributed by atoms with Crippen molar-refractivity contribution in [3.63, 3.8) is 0 Å². The van der Waals surface area contributed by atoms with Crippen LogP contribution in [0.2, 0.25) is 5.02 Å². The van der Waals surface area contributed by atoms with E-state index in [1.54, 1.807) is 0 Å². The molecule has 0 amide bonds. The molecule has 29 heavy (non-hydrogen) atoms. The number of methoxy groups -OCH3 is 1. The van der Waals surface area contributed by atoms with Crippen molar-refractivity contribution < 1.29 is 14.1 Å². The number of nitrogens with one attached hydrogen (secondary N) is 1.